The number of aromatic nitrogens is 2. The van der Waals surface area contributed by atoms with E-state index in [0.29, 0.717) is 6.61 Å². The monoisotopic (exact) mass is 245 g/mol. The predicted molar refractivity (Wildman–Crippen MR) is 71.6 cm³/mol. The second-order valence-electron chi connectivity index (χ2n) is 4.09. The maximum absolute atomic E-state index is 5.76. The number of aryl methyl sites for hydroxylation is 1. The van der Waals surface area contributed by atoms with Gasteiger partial charge in [0.05, 0.1) is 12.2 Å². The summed E-state index contributed by atoms with van der Waals surface area (Å²) in [5.74, 6) is 0.889. The first-order chi connectivity index (χ1) is 8.83. The van der Waals surface area contributed by atoms with E-state index in [1.54, 1.807) is 0 Å². The molecule has 0 aliphatic heterocycles. The van der Waals surface area contributed by atoms with Crippen LogP contribution in [0.3, 0.4) is 0 Å². The Morgan fingerprint density at radius 2 is 2.11 bits per heavy atom. The molecule has 2 rings (SSSR count). The van der Waals surface area contributed by atoms with Crippen LogP contribution in [-0.2, 0) is 6.54 Å². The van der Waals surface area contributed by atoms with Crippen LogP contribution in [0.25, 0.3) is 0 Å². The van der Waals surface area contributed by atoms with Crippen molar-refractivity contribution in [3.05, 3.63) is 48.3 Å². The average molecular weight is 245 g/mol. The first kappa shape index (κ1) is 12.6. The number of likely N-dealkylation sites (N-methyl/N-ethyl adjacent to an activating group) is 1. The molecule has 1 aromatic carbocycles. The van der Waals surface area contributed by atoms with Gasteiger partial charge < -0.3 is 10.1 Å². The molecule has 0 spiro atoms. The molecule has 0 fully saturated rings. The van der Waals surface area contributed by atoms with Gasteiger partial charge in [-0.3, -0.25) is 4.68 Å². The second kappa shape index (κ2) is 6.21. The minimum Gasteiger partial charge on any atom is -0.492 e. The van der Waals surface area contributed by atoms with Crippen LogP contribution in [0.15, 0.2) is 42.7 Å². The molecule has 0 aliphatic carbocycles. The summed E-state index contributed by atoms with van der Waals surface area (Å²) in [6.07, 6.45) is 3.94. The zero-order chi connectivity index (χ0) is 12.8. The van der Waals surface area contributed by atoms with Crippen LogP contribution in [0, 0.1) is 0 Å². The highest BCUT2D eigenvalue weighted by Crippen LogP contribution is 2.15. The average Bonchev–Trinajstić information content (AvgIpc) is 2.89. The summed E-state index contributed by atoms with van der Waals surface area (Å²) in [6, 6.07) is 10.0. The molecule has 1 atom stereocenters. The van der Waals surface area contributed by atoms with E-state index < -0.39 is 0 Å². The lowest BCUT2D eigenvalue weighted by Gasteiger charge is -2.15. The Hall–Kier alpha value is -1.81. The molecule has 96 valence electrons. The van der Waals surface area contributed by atoms with Gasteiger partial charge in [-0.1, -0.05) is 18.2 Å². The van der Waals surface area contributed by atoms with Gasteiger partial charge in [-0.2, -0.15) is 5.10 Å². The van der Waals surface area contributed by atoms with E-state index in [1.807, 2.05) is 48.3 Å². The minimum absolute atomic E-state index is 0.158. The van der Waals surface area contributed by atoms with Gasteiger partial charge in [0.1, 0.15) is 12.4 Å². The highest BCUT2D eigenvalue weighted by molar-refractivity contribution is 5.21. The lowest BCUT2D eigenvalue weighted by molar-refractivity contribution is 0.273. The fourth-order valence-corrected chi connectivity index (χ4v) is 1.77. The van der Waals surface area contributed by atoms with Crippen molar-refractivity contribution in [1.82, 2.24) is 15.1 Å². The van der Waals surface area contributed by atoms with Crippen LogP contribution in [0.1, 0.15) is 18.5 Å². The largest absolute Gasteiger partial charge is 0.492 e. The molecule has 1 heterocycles. The number of rotatable bonds is 6. The van der Waals surface area contributed by atoms with Gasteiger partial charge in [-0.05, 0) is 26.1 Å². The highest BCUT2D eigenvalue weighted by Gasteiger charge is 2.12. The van der Waals surface area contributed by atoms with E-state index in [9.17, 15) is 0 Å². The smallest absolute Gasteiger partial charge is 0.119 e. The zero-order valence-corrected chi connectivity index (χ0v) is 10.8. The number of nitrogens with zero attached hydrogens (tertiary/aromatic N) is 2. The molecule has 0 saturated carbocycles. The fraction of sp³-hybridized carbons (Fsp3) is 0.357. The van der Waals surface area contributed by atoms with Crippen molar-refractivity contribution < 1.29 is 4.74 Å². The highest BCUT2D eigenvalue weighted by atomic mass is 16.5. The molecule has 1 unspecified atom stereocenters. The van der Waals surface area contributed by atoms with Crippen molar-refractivity contribution in [3.8, 4) is 5.75 Å². The number of para-hydroxylation sites is 1. The van der Waals surface area contributed by atoms with Gasteiger partial charge >= 0.3 is 0 Å². The molecule has 0 radical (unpaired) electrons. The molecule has 0 aliphatic rings. The lowest BCUT2D eigenvalue weighted by atomic mass is 10.2. The molecule has 2 aromatic rings. The van der Waals surface area contributed by atoms with E-state index in [-0.39, 0.29) is 6.04 Å². The van der Waals surface area contributed by atoms with Gasteiger partial charge in [0.2, 0.25) is 0 Å². The van der Waals surface area contributed by atoms with E-state index in [1.165, 1.54) is 0 Å². The molecule has 1 N–H and O–H groups in total. The quantitative estimate of drug-likeness (QED) is 0.848. The Labute approximate surface area is 108 Å². The zero-order valence-electron chi connectivity index (χ0n) is 10.8. The summed E-state index contributed by atoms with van der Waals surface area (Å²) in [7, 11) is 1.93. The number of benzene rings is 1. The van der Waals surface area contributed by atoms with Gasteiger partial charge in [0, 0.05) is 18.3 Å². The number of hydrogen-bond donors (Lipinski definition) is 1. The molecular weight excluding hydrogens is 226 g/mol. The number of ether oxygens (including phenoxy) is 1. The summed E-state index contributed by atoms with van der Waals surface area (Å²) in [6.45, 7) is 3.55. The van der Waals surface area contributed by atoms with Crippen LogP contribution >= 0.6 is 0 Å². The second-order valence-corrected chi connectivity index (χ2v) is 4.09. The third kappa shape index (κ3) is 3.11. The fourth-order valence-electron chi connectivity index (χ4n) is 1.77. The molecule has 4 nitrogen and oxygen atoms in total. The van der Waals surface area contributed by atoms with Crippen molar-refractivity contribution in [2.45, 2.75) is 19.5 Å². The summed E-state index contributed by atoms with van der Waals surface area (Å²) in [4.78, 5) is 0. The first-order valence-corrected chi connectivity index (χ1v) is 6.21. The molecule has 1 aromatic heterocycles. The van der Waals surface area contributed by atoms with E-state index in [4.69, 9.17) is 4.74 Å². The molecule has 0 saturated heterocycles. The van der Waals surface area contributed by atoms with Crippen molar-refractivity contribution in [2.24, 2.45) is 0 Å². The summed E-state index contributed by atoms with van der Waals surface area (Å²) >= 11 is 0. The van der Waals surface area contributed by atoms with Gasteiger partial charge in [0.25, 0.3) is 0 Å². The van der Waals surface area contributed by atoms with Crippen LogP contribution in [0.5, 0.6) is 5.75 Å². The van der Waals surface area contributed by atoms with Crippen LogP contribution in [0.4, 0.5) is 0 Å². The third-order valence-electron chi connectivity index (χ3n) is 2.89. The van der Waals surface area contributed by atoms with Crippen molar-refractivity contribution in [3.63, 3.8) is 0 Å². The summed E-state index contributed by atoms with van der Waals surface area (Å²) in [5.41, 5.74) is 1.15. The molecule has 0 amide bonds. The summed E-state index contributed by atoms with van der Waals surface area (Å²) < 4.78 is 7.68. The Kier molecular flexibility index (Phi) is 4.36. The van der Waals surface area contributed by atoms with E-state index in [2.05, 4.69) is 23.5 Å². The normalized spacial score (nSPS) is 12.3. The van der Waals surface area contributed by atoms with Gasteiger partial charge in [0.15, 0.2) is 0 Å². The number of hydrogen-bond acceptors (Lipinski definition) is 3. The van der Waals surface area contributed by atoms with Crippen molar-refractivity contribution >= 4 is 0 Å². The molecule has 18 heavy (non-hydrogen) atoms. The molecule has 0 bridgehead atoms. The van der Waals surface area contributed by atoms with Crippen molar-refractivity contribution in [2.75, 3.05) is 13.7 Å². The first-order valence-electron chi connectivity index (χ1n) is 6.21. The Morgan fingerprint density at radius 1 is 1.33 bits per heavy atom. The maximum Gasteiger partial charge on any atom is 0.119 e. The summed E-state index contributed by atoms with van der Waals surface area (Å²) in [5, 5.41) is 7.53. The Morgan fingerprint density at radius 3 is 2.72 bits per heavy atom. The topological polar surface area (TPSA) is 39.1 Å². The Bertz CT molecular complexity index is 467. The van der Waals surface area contributed by atoms with E-state index in [0.717, 1.165) is 17.9 Å². The number of nitrogens with one attached hydrogen (secondary N) is 1. The Balaban J connectivity index is 1.97. The SMILES string of the molecule is CCn1cc(C(COc2ccccc2)NC)cn1. The minimum atomic E-state index is 0.158. The molecular formula is C14H19N3O. The van der Waals surface area contributed by atoms with E-state index >= 15 is 0 Å². The lowest BCUT2D eigenvalue weighted by Crippen LogP contribution is -2.22. The van der Waals surface area contributed by atoms with Crippen LogP contribution in [0.2, 0.25) is 0 Å². The third-order valence-corrected chi connectivity index (χ3v) is 2.89. The standard InChI is InChI=1S/C14H19N3O/c1-3-17-10-12(9-16-17)14(15-2)11-18-13-7-5-4-6-8-13/h4-10,14-15H,3,11H2,1-2H3. The molecule has 4 heteroatoms. The van der Waals surface area contributed by atoms with Crippen LogP contribution in [-0.4, -0.2) is 23.4 Å². The maximum atomic E-state index is 5.76. The van der Waals surface area contributed by atoms with Crippen molar-refractivity contribution in [1.29, 1.82) is 0 Å². The van der Waals surface area contributed by atoms with Crippen LogP contribution < -0.4 is 10.1 Å². The van der Waals surface area contributed by atoms with Gasteiger partial charge in [-0.25, -0.2) is 0 Å². The van der Waals surface area contributed by atoms with Gasteiger partial charge in [-0.15, -0.1) is 0 Å². The predicted octanol–water partition coefficient (Wildman–Crippen LogP) is 2.24.